The molecular formula is C44H47N3O4. The average molecular weight is 682 g/mol. The molecule has 0 bridgehead atoms. The van der Waals surface area contributed by atoms with Gasteiger partial charge in [0.1, 0.15) is 0 Å². The lowest BCUT2D eigenvalue weighted by atomic mass is 9.89. The number of benzene rings is 5. The molecule has 0 saturated carbocycles. The van der Waals surface area contributed by atoms with Crippen molar-refractivity contribution in [2.24, 2.45) is 5.92 Å². The predicted molar refractivity (Wildman–Crippen MR) is 201 cm³/mol. The molecule has 51 heavy (non-hydrogen) atoms. The third-order valence-electron chi connectivity index (χ3n) is 10.2. The summed E-state index contributed by atoms with van der Waals surface area (Å²) < 4.78 is 13.6. The summed E-state index contributed by atoms with van der Waals surface area (Å²) in [7, 11) is 0. The van der Waals surface area contributed by atoms with Crippen molar-refractivity contribution >= 4 is 5.91 Å². The molecule has 4 atom stereocenters. The molecule has 0 radical (unpaired) electrons. The number of aliphatic hydroxyl groups excluding tert-OH is 1. The zero-order valence-electron chi connectivity index (χ0n) is 29.2. The van der Waals surface area contributed by atoms with E-state index < -0.39 is 6.29 Å². The second-order valence-corrected chi connectivity index (χ2v) is 13.8. The fraction of sp³-hybridized carbons (Fsp3) is 0.295. The van der Waals surface area contributed by atoms with E-state index in [-0.39, 0.29) is 30.6 Å². The molecule has 1 amide bonds. The summed E-state index contributed by atoms with van der Waals surface area (Å²) in [5.41, 5.74) is 8.17. The normalized spacial score (nSPS) is 21.3. The van der Waals surface area contributed by atoms with Crippen molar-refractivity contribution in [2.45, 2.75) is 45.1 Å². The first-order valence-electron chi connectivity index (χ1n) is 18.0. The minimum absolute atomic E-state index is 0.0174. The Labute approximate surface area is 301 Å². The molecule has 5 aromatic carbocycles. The van der Waals surface area contributed by atoms with Gasteiger partial charge in [-0.2, -0.15) is 0 Å². The molecule has 0 spiro atoms. The number of hydrogen-bond acceptors (Lipinski definition) is 6. The average Bonchev–Trinajstić information content (AvgIpc) is 3.19. The van der Waals surface area contributed by atoms with E-state index >= 15 is 0 Å². The molecule has 2 fully saturated rings. The number of carbonyl (C=O) groups excluding carboxylic acids is 1. The van der Waals surface area contributed by atoms with Gasteiger partial charge in [-0.25, -0.2) is 0 Å². The molecular weight excluding hydrogens is 635 g/mol. The first kappa shape index (κ1) is 34.8. The lowest BCUT2D eigenvalue weighted by Crippen LogP contribution is -2.51. The van der Waals surface area contributed by atoms with Crippen LogP contribution in [0.4, 0.5) is 0 Å². The van der Waals surface area contributed by atoms with Gasteiger partial charge in [-0.15, -0.1) is 0 Å². The van der Waals surface area contributed by atoms with Crippen LogP contribution in [-0.2, 0) is 29.2 Å². The molecule has 0 unspecified atom stereocenters. The standard InChI is InChI=1S/C44H47N3O4/c1-32-41(30-47-25-23-46(24-26-47)29-33-9-4-2-5-10-33)50-44(51-42(32)37-17-15-34(31-48)16-18-37)39-21-19-36(20-22-39)40-14-8-11-35(27-40)28-45-43(49)38-12-6-3-7-13-38/h2-22,27,32,41-42,44,48H,23-26,28-31H2,1H3,(H,45,49)/t32-,41+,42+,44+/m0/s1. The van der Waals surface area contributed by atoms with Crippen molar-refractivity contribution < 1.29 is 19.4 Å². The van der Waals surface area contributed by atoms with Gasteiger partial charge in [0.15, 0.2) is 6.29 Å². The zero-order chi connectivity index (χ0) is 35.0. The number of rotatable bonds is 11. The van der Waals surface area contributed by atoms with E-state index in [1.807, 2.05) is 54.6 Å². The second kappa shape index (κ2) is 16.6. The first-order chi connectivity index (χ1) is 25.0. The molecule has 7 heteroatoms. The van der Waals surface area contributed by atoms with E-state index in [0.29, 0.717) is 12.1 Å². The number of ether oxygens (including phenoxy) is 2. The molecule has 2 aliphatic heterocycles. The summed E-state index contributed by atoms with van der Waals surface area (Å²) in [6, 6.07) is 44.8. The quantitative estimate of drug-likeness (QED) is 0.152. The second-order valence-electron chi connectivity index (χ2n) is 13.8. The molecule has 2 heterocycles. The highest BCUT2D eigenvalue weighted by Gasteiger charge is 2.39. The molecule has 7 rings (SSSR count). The van der Waals surface area contributed by atoms with Gasteiger partial charge in [0, 0.05) is 62.9 Å². The van der Waals surface area contributed by atoms with E-state index in [9.17, 15) is 9.90 Å². The predicted octanol–water partition coefficient (Wildman–Crippen LogP) is 7.39. The van der Waals surface area contributed by atoms with Crippen LogP contribution in [0.15, 0.2) is 133 Å². The van der Waals surface area contributed by atoms with Crippen molar-refractivity contribution in [1.82, 2.24) is 15.1 Å². The lowest BCUT2D eigenvalue weighted by molar-refractivity contribution is -0.276. The van der Waals surface area contributed by atoms with Gasteiger partial charge in [0.05, 0.1) is 18.8 Å². The van der Waals surface area contributed by atoms with E-state index in [2.05, 4.69) is 101 Å². The Morgan fingerprint density at radius 1 is 0.686 bits per heavy atom. The minimum Gasteiger partial charge on any atom is -0.392 e. The van der Waals surface area contributed by atoms with Gasteiger partial charge in [0.25, 0.3) is 5.91 Å². The molecule has 0 aromatic heterocycles. The third-order valence-corrected chi connectivity index (χ3v) is 10.2. The van der Waals surface area contributed by atoms with Gasteiger partial charge >= 0.3 is 0 Å². The van der Waals surface area contributed by atoms with Gasteiger partial charge in [-0.05, 0) is 51.6 Å². The molecule has 2 aliphatic rings. The summed E-state index contributed by atoms with van der Waals surface area (Å²) in [4.78, 5) is 17.7. The van der Waals surface area contributed by atoms with Crippen LogP contribution in [0.3, 0.4) is 0 Å². The van der Waals surface area contributed by atoms with Crippen molar-refractivity contribution in [2.75, 3.05) is 32.7 Å². The van der Waals surface area contributed by atoms with Gasteiger partial charge in [0.2, 0.25) is 0 Å². The van der Waals surface area contributed by atoms with Crippen LogP contribution in [0, 0.1) is 5.92 Å². The Bertz CT molecular complexity index is 1840. The van der Waals surface area contributed by atoms with Gasteiger partial charge in [-0.3, -0.25) is 14.6 Å². The van der Waals surface area contributed by atoms with Crippen LogP contribution in [0.5, 0.6) is 0 Å². The van der Waals surface area contributed by atoms with Gasteiger partial charge < -0.3 is 19.9 Å². The summed E-state index contributed by atoms with van der Waals surface area (Å²) in [6.07, 6.45) is -0.681. The summed E-state index contributed by atoms with van der Waals surface area (Å²) in [6.45, 7) is 8.60. The van der Waals surface area contributed by atoms with Crippen molar-refractivity contribution in [1.29, 1.82) is 0 Å². The summed E-state index contributed by atoms with van der Waals surface area (Å²) in [5, 5.41) is 12.7. The van der Waals surface area contributed by atoms with Crippen LogP contribution in [0.25, 0.3) is 11.1 Å². The highest BCUT2D eigenvalue weighted by Crippen LogP contribution is 2.42. The molecule has 7 nitrogen and oxygen atoms in total. The molecule has 262 valence electrons. The maximum absolute atomic E-state index is 12.6. The SMILES string of the molecule is C[C@H]1[C@@H](CN2CCN(Cc3ccccc3)CC2)O[C@@H](c2ccc(-c3cccc(CNC(=O)c4ccccc4)c3)cc2)O[C@H]1c1ccc(CO)cc1. The highest BCUT2D eigenvalue weighted by atomic mass is 16.7. The number of nitrogens with one attached hydrogen (secondary N) is 1. The Morgan fingerprint density at radius 2 is 1.33 bits per heavy atom. The van der Waals surface area contributed by atoms with E-state index in [1.165, 1.54) is 5.56 Å². The molecule has 2 saturated heterocycles. The van der Waals surface area contributed by atoms with Crippen molar-refractivity contribution in [3.63, 3.8) is 0 Å². The van der Waals surface area contributed by atoms with E-state index in [0.717, 1.165) is 72.6 Å². The first-order valence-corrected chi connectivity index (χ1v) is 18.0. The number of aliphatic hydroxyl groups is 1. The monoisotopic (exact) mass is 681 g/mol. The van der Waals surface area contributed by atoms with Gasteiger partial charge in [-0.1, -0.05) is 122 Å². The Morgan fingerprint density at radius 3 is 2.04 bits per heavy atom. The number of piperazine rings is 1. The third kappa shape index (κ3) is 8.82. The fourth-order valence-electron chi connectivity index (χ4n) is 7.12. The maximum atomic E-state index is 12.6. The largest absolute Gasteiger partial charge is 0.392 e. The number of nitrogens with zero attached hydrogens (tertiary/aromatic N) is 2. The van der Waals surface area contributed by atoms with Crippen LogP contribution >= 0.6 is 0 Å². The molecule has 0 aliphatic carbocycles. The van der Waals surface area contributed by atoms with Crippen LogP contribution < -0.4 is 5.32 Å². The molecule has 2 N–H and O–H groups in total. The number of hydrogen-bond donors (Lipinski definition) is 2. The topological polar surface area (TPSA) is 74.3 Å². The van der Waals surface area contributed by atoms with Crippen LogP contribution in [-0.4, -0.2) is 59.6 Å². The lowest BCUT2D eigenvalue weighted by Gasteiger charge is -2.44. The highest BCUT2D eigenvalue weighted by molar-refractivity contribution is 5.94. The maximum Gasteiger partial charge on any atom is 0.251 e. The van der Waals surface area contributed by atoms with Crippen molar-refractivity contribution in [3.8, 4) is 11.1 Å². The van der Waals surface area contributed by atoms with Crippen LogP contribution in [0.1, 0.15) is 57.5 Å². The van der Waals surface area contributed by atoms with E-state index in [4.69, 9.17) is 9.47 Å². The van der Waals surface area contributed by atoms with Crippen LogP contribution in [0.2, 0.25) is 0 Å². The van der Waals surface area contributed by atoms with E-state index in [1.54, 1.807) is 0 Å². The summed E-state index contributed by atoms with van der Waals surface area (Å²) >= 11 is 0. The zero-order valence-corrected chi connectivity index (χ0v) is 29.2. The Kier molecular flexibility index (Phi) is 11.3. The molecule has 5 aromatic rings. The number of amides is 1. The Hall–Kier alpha value is -4.63. The van der Waals surface area contributed by atoms with Crippen molar-refractivity contribution in [3.05, 3.63) is 167 Å². The Balaban J connectivity index is 1.03. The smallest absolute Gasteiger partial charge is 0.251 e. The summed E-state index contributed by atoms with van der Waals surface area (Å²) in [5.74, 6) is 0.0476. The number of carbonyl (C=O) groups is 1. The fourth-order valence-corrected chi connectivity index (χ4v) is 7.12. The minimum atomic E-state index is -0.512.